The Bertz CT molecular complexity index is 208. The summed E-state index contributed by atoms with van der Waals surface area (Å²) in [5.41, 5.74) is 0. The van der Waals surface area contributed by atoms with Gasteiger partial charge in [0.1, 0.15) is 0 Å². The average molecular weight is 201 g/mol. The van der Waals surface area contributed by atoms with Gasteiger partial charge in [-0.2, -0.15) is 11.8 Å². The minimum absolute atomic E-state index is 0.220. The van der Waals surface area contributed by atoms with Crippen molar-refractivity contribution in [1.82, 2.24) is 4.90 Å². The highest BCUT2D eigenvalue weighted by molar-refractivity contribution is 8.00. The molecule has 1 amide bonds. The molecule has 2 rings (SSSR count). The van der Waals surface area contributed by atoms with Crippen molar-refractivity contribution in [2.75, 3.05) is 25.5 Å². The minimum Gasteiger partial charge on any atom is -0.380 e. The van der Waals surface area contributed by atoms with Crippen molar-refractivity contribution in [2.24, 2.45) is 0 Å². The zero-order valence-corrected chi connectivity index (χ0v) is 8.68. The molecule has 3 nitrogen and oxygen atoms in total. The zero-order chi connectivity index (χ0) is 9.26. The quantitative estimate of drug-likeness (QED) is 0.579. The molecule has 2 aliphatic rings. The lowest BCUT2D eigenvalue weighted by molar-refractivity contribution is -0.132. The highest BCUT2D eigenvalue weighted by atomic mass is 32.2. The molecule has 2 atom stereocenters. The second-order valence-corrected chi connectivity index (χ2v) is 4.90. The van der Waals surface area contributed by atoms with E-state index >= 15 is 0 Å². The van der Waals surface area contributed by atoms with Crippen molar-refractivity contribution in [3.05, 3.63) is 0 Å². The van der Waals surface area contributed by atoms with Crippen LogP contribution < -0.4 is 0 Å². The predicted molar refractivity (Wildman–Crippen MR) is 52.9 cm³/mol. The third-order valence-corrected chi connectivity index (χ3v) is 4.03. The Labute approximate surface area is 82.8 Å². The Hall–Kier alpha value is -0.220. The van der Waals surface area contributed by atoms with Gasteiger partial charge in [0.25, 0.3) is 0 Å². The standard InChI is InChI=1S/C9H15NO2S/c1-7(11)10-3-5-13-9-6-12-4-2-8(9)10/h8-9H,2-6H2,1H3. The van der Waals surface area contributed by atoms with Crippen LogP contribution in [0.4, 0.5) is 0 Å². The number of rotatable bonds is 0. The average Bonchev–Trinajstić information content (AvgIpc) is 2.17. The second-order valence-electron chi connectivity index (χ2n) is 3.55. The van der Waals surface area contributed by atoms with Gasteiger partial charge in [-0.25, -0.2) is 0 Å². The van der Waals surface area contributed by atoms with Crippen LogP contribution in [0, 0.1) is 0 Å². The van der Waals surface area contributed by atoms with Crippen LogP contribution >= 0.6 is 11.8 Å². The SMILES string of the molecule is CC(=O)N1CCSC2COCCC21. The van der Waals surface area contributed by atoms with Gasteiger partial charge >= 0.3 is 0 Å². The third-order valence-electron chi connectivity index (χ3n) is 2.74. The van der Waals surface area contributed by atoms with Gasteiger partial charge < -0.3 is 9.64 Å². The van der Waals surface area contributed by atoms with E-state index in [0.717, 1.165) is 31.9 Å². The van der Waals surface area contributed by atoms with E-state index in [0.29, 0.717) is 11.3 Å². The highest BCUT2D eigenvalue weighted by Gasteiger charge is 2.35. The van der Waals surface area contributed by atoms with E-state index in [1.807, 2.05) is 16.7 Å². The van der Waals surface area contributed by atoms with Crippen LogP contribution in [0.1, 0.15) is 13.3 Å². The third kappa shape index (κ3) is 1.83. The minimum atomic E-state index is 0.220. The zero-order valence-electron chi connectivity index (χ0n) is 7.86. The van der Waals surface area contributed by atoms with Crippen LogP contribution in [0.5, 0.6) is 0 Å². The summed E-state index contributed by atoms with van der Waals surface area (Å²) in [5.74, 6) is 1.28. The fourth-order valence-corrected chi connectivity index (χ4v) is 3.38. The number of carbonyl (C=O) groups is 1. The van der Waals surface area contributed by atoms with E-state index in [9.17, 15) is 4.79 Å². The Morgan fingerprint density at radius 1 is 1.62 bits per heavy atom. The molecule has 4 heteroatoms. The summed E-state index contributed by atoms with van der Waals surface area (Å²) in [6, 6.07) is 0.435. The van der Waals surface area contributed by atoms with Crippen molar-refractivity contribution in [1.29, 1.82) is 0 Å². The molecule has 2 aliphatic heterocycles. The molecule has 0 spiro atoms. The highest BCUT2D eigenvalue weighted by Crippen LogP contribution is 2.29. The smallest absolute Gasteiger partial charge is 0.219 e. The van der Waals surface area contributed by atoms with Gasteiger partial charge in [-0.3, -0.25) is 4.79 Å². The van der Waals surface area contributed by atoms with Crippen molar-refractivity contribution in [3.8, 4) is 0 Å². The Morgan fingerprint density at radius 3 is 3.23 bits per heavy atom. The van der Waals surface area contributed by atoms with Crippen LogP contribution in [-0.4, -0.2) is 47.6 Å². The summed E-state index contributed by atoms with van der Waals surface area (Å²) in [4.78, 5) is 13.3. The molecule has 0 bridgehead atoms. The maximum absolute atomic E-state index is 11.3. The van der Waals surface area contributed by atoms with E-state index in [2.05, 4.69) is 0 Å². The van der Waals surface area contributed by atoms with E-state index in [-0.39, 0.29) is 5.91 Å². The Balaban J connectivity index is 2.06. The normalized spacial score (nSPS) is 34.1. The summed E-state index contributed by atoms with van der Waals surface area (Å²) >= 11 is 1.95. The van der Waals surface area contributed by atoms with Crippen LogP contribution in [0.25, 0.3) is 0 Å². The Kier molecular flexibility index (Phi) is 2.79. The first kappa shape index (κ1) is 9.34. The molecular formula is C9H15NO2S. The van der Waals surface area contributed by atoms with Crippen LogP contribution in [0.15, 0.2) is 0 Å². The number of fused-ring (bicyclic) bond motifs is 1. The molecule has 2 heterocycles. The molecule has 0 radical (unpaired) electrons. The first-order chi connectivity index (χ1) is 6.29. The molecule has 2 saturated heterocycles. The summed E-state index contributed by atoms with van der Waals surface area (Å²) in [6.45, 7) is 4.22. The predicted octanol–water partition coefficient (Wildman–Crippen LogP) is 0.739. The van der Waals surface area contributed by atoms with Crippen LogP contribution in [0.3, 0.4) is 0 Å². The lowest BCUT2D eigenvalue weighted by Crippen LogP contribution is -2.53. The Morgan fingerprint density at radius 2 is 2.46 bits per heavy atom. The monoisotopic (exact) mass is 201 g/mol. The van der Waals surface area contributed by atoms with Crippen molar-refractivity contribution in [3.63, 3.8) is 0 Å². The van der Waals surface area contributed by atoms with E-state index in [1.165, 1.54) is 0 Å². The van der Waals surface area contributed by atoms with Crippen molar-refractivity contribution < 1.29 is 9.53 Å². The lowest BCUT2D eigenvalue weighted by Gasteiger charge is -2.42. The summed E-state index contributed by atoms with van der Waals surface area (Å²) in [7, 11) is 0. The molecule has 0 saturated carbocycles. The maximum Gasteiger partial charge on any atom is 0.219 e. The van der Waals surface area contributed by atoms with Gasteiger partial charge in [-0.05, 0) is 6.42 Å². The van der Waals surface area contributed by atoms with Gasteiger partial charge in [0, 0.05) is 37.1 Å². The molecule has 2 fully saturated rings. The summed E-state index contributed by atoms with van der Waals surface area (Å²) in [6.07, 6.45) is 1.01. The summed E-state index contributed by atoms with van der Waals surface area (Å²) < 4.78 is 5.41. The van der Waals surface area contributed by atoms with Gasteiger partial charge in [0.15, 0.2) is 0 Å². The number of hydrogen-bond donors (Lipinski definition) is 0. The number of ether oxygens (including phenoxy) is 1. The molecule has 0 aromatic heterocycles. The van der Waals surface area contributed by atoms with E-state index in [1.54, 1.807) is 6.92 Å². The number of nitrogens with zero attached hydrogens (tertiary/aromatic N) is 1. The summed E-state index contributed by atoms with van der Waals surface area (Å²) in [5, 5.41) is 0.520. The fourth-order valence-electron chi connectivity index (χ4n) is 2.08. The molecular weight excluding hydrogens is 186 g/mol. The number of hydrogen-bond acceptors (Lipinski definition) is 3. The first-order valence-corrected chi connectivity index (χ1v) is 5.80. The molecule has 13 heavy (non-hydrogen) atoms. The maximum atomic E-state index is 11.3. The van der Waals surface area contributed by atoms with Crippen molar-refractivity contribution >= 4 is 17.7 Å². The lowest BCUT2D eigenvalue weighted by atomic mass is 10.1. The first-order valence-electron chi connectivity index (χ1n) is 4.75. The van der Waals surface area contributed by atoms with Gasteiger partial charge in [0.2, 0.25) is 5.91 Å². The molecule has 74 valence electrons. The van der Waals surface area contributed by atoms with Gasteiger partial charge in [0.05, 0.1) is 6.61 Å². The van der Waals surface area contributed by atoms with Gasteiger partial charge in [-0.15, -0.1) is 0 Å². The molecule has 0 aromatic carbocycles. The molecule has 0 aliphatic carbocycles. The number of amides is 1. The number of carbonyl (C=O) groups excluding carboxylic acids is 1. The van der Waals surface area contributed by atoms with E-state index in [4.69, 9.17) is 4.74 Å². The molecule has 0 N–H and O–H groups in total. The topological polar surface area (TPSA) is 29.5 Å². The van der Waals surface area contributed by atoms with Crippen molar-refractivity contribution in [2.45, 2.75) is 24.6 Å². The molecule has 0 aromatic rings. The van der Waals surface area contributed by atoms with Gasteiger partial charge in [-0.1, -0.05) is 0 Å². The number of thioether (sulfide) groups is 1. The fraction of sp³-hybridized carbons (Fsp3) is 0.889. The molecule has 2 unspecified atom stereocenters. The van der Waals surface area contributed by atoms with E-state index < -0.39 is 0 Å². The largest absolute Gasteiger partial charge is 0.380 e. The second kappa shape index (κ2) is 3.88. The van der Waals surface area contributed by atoms with Crippen LogP contribution in [0.2, 0.25) is 0 Å². The van der Waals surface area contributed by atoms with Crippen LogP contribution in [-0.2, 0) is 9.53 Å².